The Bertz CT molecular complexity index is 255. The SMILES string of the molecule is CCC(C)(C#CC(C)(CC)OCCO)OCCO. The van der Waals surface area contributed by atoms with Gasteiger partial charge in [0.1, 0.15) is 11.2 Å². The molecule has 0 radical (unpaired) electrons. The third kappa shape index (κ3) is 6.36. The van der Waals surface area contributed by atoms with Crippen LogP contribution in [0, 0.1) is 11.8 Å². The monoisotopic (exact) mass is 258 g/mol. The Labute approximate surface area is 110 Å². The van der Waals surface area contributed by atoms with Crippen LogP contribution in [0.15, 0.2) is 0 Å². The molecule has 0 bridgehead atoms. The fourth-order valence-electron chi connectivity index (χ4n) is 1.26. The highest BCUT2D eigenvalue weighted by atomic mass is 16.5. The molecular formula is C14H26O4. The van der Waals surface area contributed by atoms with Crippen LogP contribution in [-0.2, 0) is 9.47 Å². The van der Waals surface area contributed by atoms with Crippen molar-refractivity contribution >= 4 is 0 Å². The number of ether oxygens (including phenoxy) is 2. The quantitative estimate of drug-likeness (QED) is 0.645. The van der Waals surface area contributed by atoms with E-state index in [-0.39, 0.29) is 26.4 Å². The first kappa shape index (κ1) is 17.4. The molecule has 4 heteroatoms. The van der Waals surface area contributed by atoms with Gasteiger partial charge in [0.25, 0.3) is 0 Å². The van der Waals surface area contributed by atoms with Gasteiger partial charge in [0.05, 0.1) is 26.4 Å². The minimum Gasteiger partial charge on any atom is -0.394 e. The normalized spacial score (nSPS) is 17.4. The van der Waals surface area contributed by atoms with Crippen molar-refractivity contribution in [2.24, 2.45) is 0 Å². The maximum absolute atomic E-state index is 8.79. The van der Waals surface area contributed by atoms with Gasteiger partial charge in [-0.15, -0.1) is 0 Å². The van der Waals surface area contributed by atoms with Crippen LogP contribution >= 0.6 is 0 Å². The van der Waals surface area contributed by atoms with E-state index in [1.165, 1.54) is 0 Å². The van der Waals surface area contributed by atoms with Crippen molar-refractivity contribution in [3.05, 3.63) is 0 Å². The predicted octanol–water partition coefficient (Wildman–Crippen LogP) is 1.34. The van der Waals surface area contributed by atoms with E-state index < -0.39 is 11.2 Å². The summed E-state index contributed by atoms with van der Waals surface area (Å²) < 4.78 is 11.1. The van der Waals surface area contributed by atoms with E-state index in [9.17, 15) is 0 Å². The van der Waals surface area contributed by atoms with Crippen LogP contribution in [0.5, 0.6) is 0 Å². The van der Waals surface area contributed by atoms with E-state index in [0.29, 0.717) is 0 Å². The van der Waals surface area contributed by atoms with Crippen molar-refractivity contribution in [2.45, 2.75) is 51.7 Å². The fourth-order valence-corrected chi connectivity index (χ4v) is 1.26. The molecule has 0 saturated carbocycles. The van der Waals surface area contributed by atoms with Gasteiger partial charge in [0.15, 0.2) is 0 Å². The molecule has 0 spiro atoms. The lowest BCUT2D eigenvalue weighted by molar-refractivity contribution is -0.0156. The average molecular weight is 258 g/mol. The van der Waals surface area contributed by atoms with Gasteiger partial charge in [-0.05, 0) is 26.7 Å². The molecule has 2 unspecified atom stereocenters. The van der Waals surface area contributed by atoms with Crippen molar-refractivity contribution in [1.29, 1.82) is 0 Å². The lowest BCUT2D eigenvalue weighted by Crippen LogP contribution is -2.31. The van der Waals surface area contributed by atoms with Gasteiger partial charge in [-0.2, -0.15) is 0 Å². The molecule has 0 amide bonds. The van der Waals surface area contributed by atoms with Crippen LogP contribution in [0.25, 0.3) is 0 Å². The summed E-state index contributed by atoms with van der Waals surface area (Å²) in [5.74, 6) is 6.18. The van der Waals surface area contributed by atoms with Crippen LogP contribution in [0.4, 0.5) is 0 Å². The van der Waals surface area contributed by atoms with Gasteiger partial charge in [-0.25, -0.2) is 0 Å². The Morgan fingerprint density at radius 3 is 1.39 bits per heavy atom. The molecule has 0 aromatic heterocycles. The van der Waals surface area contributed by atoms with E-state index in [2.05, 4.69) is 11.8 Å². The largest absolute Gasteiger partial charge is 0.394 e. The highest BCUT2D eigenvalue weighted by molar-refractivity contribution is 5.20. The summed E-state index contributed by atoms with van der Waals surface area (Å²) in [4.78, 5) is 0. The van der Waals surface area contributed by atoms with Gasteiger partial charge >= 0.3 is 0 Å². The molecular weight excluding hydrogens is 232 g/mol. The lowest BCUT2D eigenvalue weighted by Gasteiger charge is -2.25. The van der Waals surface area contributed by atoms with Crippen LogP contribution in [0.2, 0.25) is 0 Å². The molecule has 18 heavy (non-hydrogen) atoms. The molecule has 4 nitrogen and oxygen atoms in total. The van der Waals surface area contributed by atoms with Crippen molar-refractivity contribution in [2.75, 3.05) is 26.4 Å². The van der Waals surface area contributed by atoms with Crippen molar-refractivity contribution in [3.8, 4) is 11.8 Å². The number of aliphatic hydroxyl groups excluding tert-OH is 2. The first-order valence-corrected chi connectivity index (χ1v) is 6.49. The van der Waals surface area contributed by atoms with E-state index in [4.69, 9.17) is 19.7 Å². The van der Waals surface area contributed by atoms with Crippen LogP contribution < -0.4 is 0 Å². The lowest BCUT2D eigenvalue weighted by atomic mass is 9.99. The third-order valence-electron chi connectivity index (χ3n) is 2.96. The van der Waals surface area contributed by atoms with Gasteiger partial charge in [-0.1, -0.05) is 25.7 Å². The maximum Gasteiger partial charge on any atom is 0.125 e. The summed E-state index contributed by atoms with van der Waals surface area (Å²) >= 11 is 0. The molecule has 0 saturated heterocycles. The topological polar surface area (TPSA) is 58.9 Å². The standard InChI is InChI=1S/C14H26O4/c1-5-13(3,17-11-9-15)7-8-14(4,6-2)18-12-10-16/h15-16H,5-6,9-12H2,1-4H3. The number of hydrogen-bond acceptors (Lipinski definition) is 4. The Kier molecular flexibility index (Phi) is 8.21. The molecule has 0 rings (SSSR count). The molecule has 0 aliphatic heterocycles. The van der Waals surface area contributed by atoms with E-state index in [1.54, 1.807) is 0 Å². The zero-order valence-corrected chi connectivity index (χ0v) is 12.0. The first-order valence-electron chi connectivity index (χ1n) is 6.49. The smallest absolute Gasteiger partial charge is 0.125 e. The molecule has 0 aliphatic carbocycles. The molecule has 0 aromatic rings. The molecule has 106 valence electrons. The summed E-state index contributed by atoms with van der Waals surface area (Å²) in [6.07, 6.45) is 1.47. The molecule has 0 fully saturated rings. The van der Waals surface area contributed by atoms with E-state index in [1.807, 2.05) is 27.7 Å². The summed E-state index contributed by atoms with van der Waals surface area (Å²) in [6.45, 7) is 8.31. The Balaban J connectivity index is 4.73. The van der Waals surface area contributed by atoms with E-state index >= 15 is 0 Å². The fraction of sp³-hybridized carbons (Fsp3) is 0.857. The van der Waals surface area contributed by atoms with Crippen LogP contribution in [0.1, 0.15) is 40.5 Å². The molecule has 0 aromatic carbocycles. The molecule has 0 aliphatic rings. The summed E-state index contributed by atoms with van der Waals surface area (Å²) in [5, 5.41) is 17.6. The number of aliphatic hydroxyl groups is 2. The van der Waals surface area contributed by atoms with Crippen LogP contribution in [0.3, 0.4) is 0 Å². The zero-order valence-electron chi connectivity index (χ0n) is 12.0. The highest BCUT2D eigenvalue weighted by Gasteiger charge is 2.23. The third-order valence-corrected chi connectivity index (χ3v) is 2.96. The summed E-state index contributed by atoms with van der Waals surface area (Å²) in [6, 6.07) is 0. The highest BCUT2D eigenvalue weighted by Crippen LogP contribution is 2.18. The van der Waals surface area contributed by atoms with Gasteiger partial charge in [-0.3, -0.25) is 0 Å². The van der Waals surface area contributed by atoms with Gasteiger partial charge < -0.3 is 19.7 Å². The summed E-state index contributed by atoms with van der Waals surface area (Å²) in [5.41, 5.74) is -1.14. The number of rotatable bonds is 8. The minimum atomic E-state index is -0.568. The Morgan fingerprint density at radius 2 is 1.17 bits per heavy atom. The van der Waals surface area contributed by atoms with Gasteiger partial charge in [0, 0.05) is 0 Å². The van der Waals surface area contributed by atoms with Crippen molar-refractivity contribution < 1.29 is 19.7 Å². The molecule has 2 N–H and O–H groups in total. The number of hydrogen-bond donors (Lipinski definition) is 2. The Hall–Kier alpha value is -0.600. The Morgan fingerprint density at radius 1 is 0.833 bits per heavy atom. The second-order valence-corrected chi connectivity index (χ2v) is 4.56. The second kappa shape index (κ2) is 8.49. The molecule has 2 atom stereocenters. The van der Waals surface area contributed by atoms with Crippen molar-refractivity contribution in [1.82, 2.24) is 0 Å². The maximum atomic E-state index is 8.79. The van der Waals surface area contributed by atoms with Crippen LogP contribution in [-0.4, -0.2) is 47.8 Å². The molecule has 0 heterocycles. The van der Waals surface area contributed by atoms with Crippen molar-refractivity contribution in [3.63, 3.8) is 0 Å². The first-order chi connectivity index (χ1) is 8.45. The second-order valence-electron chi connectivity index (χ2n) is 4.56. The predicted molar refractivity (Wildman–Crippen MR) is 71.2 cm³/mol. The van der Waals surface area contributed by atoms with Gasteiger partial charge in [0.2, 0.25) is 0 Å². The minimum absolute atomic E-state index is 0.0106. The summed E-state index contributed by atoms with van der Waals surface area (Å²) in [7, 11) is 0. The zero-order chi connectivity index (χ0) is 14.1. The average Bonchev–Trinajstić information content (AvgIpc) is 2.40. The van der Waals surface area contributed by atoms with E-state index in [0.717, 1.165) is 12.8 Å².